The van der Waals surface area contributed by atoms with Crippen LogP contribution in [0.15, 0.2) is 23.2 Å². The zero-order valence-corrected chi connectivity index (χ0v) is 15.3. The molecule has 0 spiro atoms. The van der Waals surface area contributed by atoms with E-state index in [4.69, 9.17) is 4.74 Å². The second-order valence-electron chi connectivity index (χ2n) is 5.51. The van der Waals surface area contributed by atoms with E-state index >= 15 is 0 Å². The van der Waals surface area contributed by atoms with Crippen LogP contribution in [0.4, 0.5) is 0 Å². The Kier molecular flexibility index (Phi) is 9.14. The van der Waals surface area contributed by atoms with E-state index in [0.717, 1.165) is 56.4 Å². The van der Waals surface area contributed by atoms with E-state index in [1.54, 1.807) is 7.11 Å². The Morgan fingerprint density at radius 1 is 1.17 bits per heavy atom. The molecule has 5 nitrogen and oxygen atoms in total. The highest BCUT2D eigenvalue weighted by atomic mass is 16.5. The zero-order chi connectivity index (χ0) is 17.1. The number of hydrogen-bond donors (Lipinski definition) is 2. The summed E-state index contributed by atoms with van der Waals surface area (Å²) >= 11 is 0. The molecule has 0 heterocycles. The maximum Gasteiger partial charge on any atom is 0.191 e. The fourth-order valence-corrected chi connectivity index (χ4v) is 2.44. The van der Waals surface area contributed by atoms with E-state index in [9.17, 15) is 0 Å². The van der Waals surface area contributed by atoms with E-state index in [2.05, 4.69) is 59.5 Å². The predicted octanol–water partition coefficient (Wildman–Crippen LogP) is 2.05. The Labute approximate surface area is 141 Å². The number of likely N-dealkylation sites (N-methyl/N-ethyl adjacent to an activating group) is 1. The van der Waals surface area contributed by atoms with Gasteiger partial charge in [-0.1, -0.05) is 26.0 Å². The van der Waals surface area contributed by atoms with Crippen LogP contribution >= 0.6 is 0 Å². The summed E-state index contributed by atoms with van der Waals surface area (Å²) in [5, 5.41) is 6.72. The molecule has 0 aliphatic rings. The Morgan fingerprint density at radius 3 is 2.48 bits per heavy atom. The number of nitrogens with one attached hydrogen (secondary N) is 2. The van der Waals surface area contributed by atoms with E-state index in [0.29, 0.717) is 0 Å². The first kappa shape index (κ1) is 19.3. The van der Waals surface area contributed by atoms with Crippen molar-refractivity contribution in [1.29, 1.82) is 0 Å². The van der Waals surface area contributed by atoms with Crippen molar-refractivity contribution < 1.29 is 4.74 Å². The summed E-state index contributed by atoms with van der Waals surface area (Å²) in [6, 6.07) is 6.36. The molecule has 130 valence electrons. The SMILES string of the molecule is CCN(CC)CCNC(=NC)NCCc1ccc(C)c(OC)c1. The van der Waals surface area contributed by atoms with Gasteiger partial charge in [0.25, 0.3) is 0 Å². The number of nitrogens with zero attached hydrogens (tertiary/aromatic N) is 2. The Bertz CT molecular complexity index is 484. The van der Waals surface area contributed by atoms with Crippen LogP contribution in [0.2, 0.25) is 0 Å². The number of aliphatic imine (C=N–C) groups is 1. The lowest BCUT2D eigenvalue weighted by molar-refractivity contribution is 0.308. The molecule has 5 heteroatoms. The summed E-state index contributed by atoms with van der Waals surface area (Å²) in [4.78, 5) is 6.65. The van der Waals surface area contributed by atoms with Gasteiger partial charge in [-0.15, -0.1) is 0 Å². The molecule has 0 saturated heterocycles. The first-order chi connectivity index (χ1) is 11.1. The minimum absolute atomic E-state index is 0.844. The maximum atomic E-state index is 5.37. The number of guanidine groups is 1. The van der Waals surface area contributed by atoms with Gasteiger partial charge >= 0.3 is 0 Å². The van der Waals surface area contributed by atoms with E-state index in [1.807, 2.05) is 7.05 Å². The number of benzene rings is 1. The molecule has 0 unspecified atom stereocenters. The Morgan fingerprint density at radius 2 is 1.87 bits per heavy atom. The van der Waals surface area contributed by atoms with Gasteiger partial charge in [-0.2, -0.15) is 0 Å². The highest BCUT2D eigenvalue weighted by Crippen LogP contribution is 2.18. The highest BCUT2D eigenvalue weighted by Gasteiger charge is 2.03. The van der Waals surface area contributed by atoms with Crippen molar-refractivity contribution in [2.45, 2.75) is 27.2 Å². The summed E-state index contributed by atoms with van der Waals surface area (Å²) in [5.41, 5.74) is 2.43. The molecule has 0 aliphatic heterocycles. The molecule has 0 fully saturated rings. The molecule has 0 aliphatic carbocycles. The molecular weight excluding hydrogens is 288 g/mol. The minimum atomic E-state index is 0.844. The highest BCUT2D eigenvalue weighted by molar-refractivity contribution is 5.79. The third-order valence-corrected chi connectivity index (χ3v) is 4.02. The van der Waals surface area contributed by atoms with Gasteiger partial charge < -0.3 is 20.3 Å². The van der Waals surface area contributed by atoms with Crippen LogP contribution in [0.25, 0.3) is 0 Å². The molecule has 23 heavy (non-hydrogen) atoms. The summed E-state index contributed by atoms with van der Waals surface area (Å²) < 4.78 is 5.37. The molecule has 0 amide bonds. The van der Waals surface area contributed by atoms with Crippen LogP contribution in [-0.2, 0) is 6.42 Å². The van der Waals surface area contributed by atoms with Crippen LogP contribution in [0.5, 0.6) is 5.75 Å². The largest absolute Gasteiger partial charge is 0.496 e. The average molecular weight is 320 g/mol. The van der Waals surface area contributed by atoms with Crippen LogP contribution in [-0.4, -0.2) is 57.7 Å². The van der Waals surface area contributed by atoms with Crippen molar-refractivity contribution >= 4 is 5.96 Å². The van der Waals surface area contributed by atoms with Crippen molar-refractivity contribution in [2.24, 2.45) is 4.99 Å². The number of rotatable bonds is 9. The van der Waals surface area contributed by atoms with Gasteiger partial charge in [-0.3, -0.25) is 4.99 Å². The van der Waals surface area contributed by atoms with Gasteiger partial charge in [-0.05, 0) is 43.6 Å². The summed E-state index contributed by atoms with van der Waals surface area (Å²) in [5.74, 6) is 1.81. The van der Waals surface area contributed by atoms with Gasteiger partial charge in [0.05, 0.1) is 7.11 Å². The van der Waals surface area contributed by atoms with Crippen LogP contribution in [0.1, 0.15) is 25.0 Å². The Balaban J connectivity index is 2.35. The molecule has 1 rings (SSSR count). The molecule has 0 saturated carbocycles. The third kappa shape index (κ3) is 6.91. The molecule has 0 atom stereocenters. The van der Waals surface area contributed by atoms with Gasteiger partial charge in [0.2, 0.25) is 0 Å². The van der Waals surface area contributed by atoms with E-state index < -0.39 is 0 Å². The molecule has 0 radical (unpaired) electrons. The number of hydrogen-bond acceptors (Lipinski definition) is 3. The lowest BCUT2D eigenvalue weighted by Gasteiger charge is -2.19. The smallest absolute Gasteiger partial charge is 0.191 e. The number of ether oxygens (including phenoxy) is 1. The first-order valence-corrected chi connectivity index (χ1v) is 8.44. The van der Waals surface area contributed by atoms with Crippen LogP contribution < -0.4 is 15.4 Å². The number of methoxy groups -OCH3 is 1. The molecular formula is C18H32N4O. The van der Waals surface area contributed by atoms with Crippen LogP contribution in [0, 0.1) is 6.92 Å². The van der Waals surface area contributed by atoms with Gasteiger partial charge in [0, 0.05) is 26.7 Å². The normalized spacial score (nSPS) is 11.7. The monoisotopic (exact) mass is 320 g/mol. The standard InChI is InChI=1S/C18H32N4O/c1-6-22(7-2)13-12-21-18(19-4)20-11-10-16-9-8-15(3)17(14-16)23-5/h8-9,14H,6-7,10-13H2,1-5H3,(H2,19,20,21). The van der Waals surface area contributed by atoms with E-state index in [-0.39, 0.29) is 0 Å². The fourth-order valence-electron chi connectivity index (χ4n) is 2.44. The topological polar surface area (TPSA) is 48.9 Å². The van der Waals surface area contributed by atoms with Crippen molar-refractivity contribution in [3.63, 3.8) is 0 Å². The molecule has 1 aromatic rings. The van der Waals surface area contributed by atoms with Crippen molar-refractivity contribution in [3.8, 4) is 5.75 Å². The lowest BCUT2D eigenvalue weighted by Crippen LogP contribution is -2.42. The first-order valence-electron chi connectivity index (χ1n) is 8.44. The fraction of sp³-hybridized carbons (Fsp3) is 0.611. The molecule has 1 aromatic carbocycles. The summed E-state index contributed by atoms with van der Waals surface area (Å²) in [6.07, 6.45) is 0.938. The second-order valence-corrected chi connectivity index (χ2v) is 5.51. The molecule has 0 aromatic heterocycles. The minimum Gasteiger partial charge on any atom is -0.496 e. The Hall–Kier alpha value is -1.75. The summed E-state index contributed by atoms with van der Waals surface area (Å²) in [7, 11) is 3.52. The third-order valence-electron chi connectivity index (χ3n) is 4.02. The van der Waals surface area contributed by atoms with E-state index in [1.165, 1.54) is 5.56 Å². The van der Waals surface area contributed by atoms with Gasteiger partial charge in [-0.25, -0.2) is 0 Å². The van der Waals surface area contributed by atoms with Gasteiger partial charge in [0.1, 0.15) is 5.75 Å². The lowest BCUT2D eigenvalue weighted by atomic mass is 10.1. The second kappa shape index (κ2) is 10.9. The van der Waals surface area contributed by atoms with Crippen LogP contribution in [0.3, 0.4) is 0 Å². The molecule has 0 bridgehead atoms. The zero-order valence-electron chi connectivity index (χ0n) is 15.3. The van der Waals surface area contributed by atoms with Crippen molar-refractivity contribution in [1.82, 2.24) is 15.5 Å². The van der Waals surface area contributed by atoms with Gasteiger partial charge in [0.15, 0.2) is 5.96 Å². The molecule has 2 N–H and O–H groups in total. The maximum absolute atomic E-state index is 5.37. The predicted molar refractivity (Wildman–Crippen MR) is 98.6 cm³/mol. The quantitative estimate of drug-likeness (QED) is 0.540. The average Bonchev–Trinajstić information content (AvgIpc) is 2.58. The summed E-state index contributed by atoms with van der Waals surface area (Å²) in [6.45, 7) is 11.4. The van der Waals surface area contributed by atoms with Crippen molar-refractivity contribution in [2.75, 3.05) is 46.9 Å². The van der Waals surface area contributed by atoms with Crippen molar-refractivity contribution in [3.05, 3.63) is 29.3 Å². The number of aryl methyl sites for hydroxylation is 1.